The van der Waals surface area contributed by atoms with Gasteiger partial charge in [-0.3, -0.25) is 9.78 Å². The summed E-state index contributed by atoms with van der Waals surface area (Å²) in [5.41, 5.74) is 0.848. The normalized spacial score (nSPS) is 9.69. The van der Waals surface area contributed by atoms with Crippen molar-refractivity contribution < 1.29 is 9.53 Å². The molecule has 0 radical (unpaired) electrons. The van der Waals surface area contributed by atoms with Crippen LogP contribution in [0.4, 0.5) is 0 Å². The van der Waals surface area contributed by atoms with Gasteiger partial charge in [-0.1, -0.05) is 15.9 Å². The van der Waals surface area contributed by atoms with Crippen LogP contribution in [0.3, 0.4) is 0 Å². The number of carbonyl (C=O) groups excluding carboxylic acids is 1. The largest absolute Gasteiger partial charge is 0.466 e. The van der Waals surface area contributed by atoms with E-state index in [2.05, 4.69) is 20.9 Å². The van der Waals surface area contributed by atoms with Crippen molar-refractivity contribution in [3.8, 4) is 0 Å². The molecule has 1 aromatic rings. The Kier molecular flexibility index (Phi) is 3.89. The molecule has 1 rings (SSSR count). The van der Waals surface area contributed by atoms with Crippen LogP contribution in [0, 0.1) is 0 Å². The van der Waals surface area contributed by atoms with Crippen LogP contribution in [0.15, 0.2) is 22.9 Å². The van der Waals surface area contributed by atoms with E-state index in [1.807, 2.05) is 0 Å². The summed E-state index contributed by atoms with van der Waals surface area (Å²) in [5.74, 6) is -0.226. The number of carbonyl (C=O) groups is 1. The van der Waals surface area contributed by atoms with E-state index in [4.69, 9.17) is 4.74 Å². The van der Waals surface area contributed by atoms with Crippen LogP contribution in [0.1, 0.15) is 12.5 Å². The summed E-state index contributed by atoms with van der Waals surface area (Å²) in [4.78, 5) is 15.0. The van der Waals surface area contributed by atoms with E-state index in [0.29, 0.717) is 6.61 Å². The number of halogens is 1. The molecule has 13 heavy (non-hydrogen) atoms. The molecular weight excluding hydrogens is 234 g/mol. The molecule has 0 saturated heterocycles. The van der Waals surface area contributed by atoms with Crippen molar-refractivity contribution in [1.82, 2.24) is 4.98 Å². The number of hydrogen-bond acceptors (Lipinski definition) is 3. The van der Waals surface area contributed by atoms with Crippen molar-refractivity contribution in [2.24, 2.45) is 0 Å². The van der Waals surface area contributed by atoms with Crippen molar-refractivity contribution in [3.05, 3.63) is 28.5 Å². The van der Waals surface area contributed by atoms with Gasteiger partial charge in [-0.05, 0) is 18.6 Å². The maximum atomic E-state index is 11.1. The molecular formula is C9H10BrNO2. The van der Waals surface area contributed by atoms with Gasteiger partial charge in [-0.15, -0.1) is 0 Å². The lowest BCUT2D eigenvalue weighted by Gasteiger charge is -2.02. The van der Waals surface area contributed by atoms with Crippen LogP contribution in [0.25, 0.3) is 0 Å². The maximum Gasteiger partial charge on any atom is 0.310 e. The second kappa shape index (κ2) is 4.97. The third-order valence-corrected chi connectivity index (χ3v) is 2.26. The number of nitrogens with zero attached hydrogens (tertiary/aromatic N) is 1. The van der Waals surface area contributed by atoms with Gasteiger partial charge < -0.3 is 4.74 Å². The number of ether oxygens (including phenoxy) is 1. The Morgan fingerprint density at radius 2 is 2.46 bits per heavy atom. The summed E-state index contributed by atoms with van der Waals surface area (Å²) in [7, 11) is 0. The molecule has 0 spiro atoms. The van der Waals surface area contributed by atoms with E-state index in [9.17, 15) is 4.79 Å². The predicted molar refractivity (Wildman–Crippen MR) is 52.3 cm³/mol. The van der Waals surface area contributed by atoms with Gasteiger partial charge in [0.2, 0.25) is 0 Å². The Morgan fingerprint density at radius 1 is 1.69 bits per heavy atom. The van der Waals surface area contributed by atoms with Gasteiger partial charge in [0.15, 0.2) is 0 Å². The zero-order valence-corrected chi connectivity index (χ0v) is 8.87. The van der Waals surface area contributed by atoms with E-state index in [-0.39, 0.29) is 12.4 Å². The van der Waals surface area contributed by atoms with Gasteiger partial charge in [-0.25, -0.2) is 0 Å². The molecule has 0 fully saturated rings. The zero-order chi connectivity index (χ0) is 9.68. The molecule has 0 N–H and O–H groups in total. The van der Waals surface area contributed by atoms with Crippen molar-refractivity contribution >= 4 is 21.9 Å². The first-order chi connectivity index (χ1) is 6.24. The molecule has 0 aromatic carbocycles. The molecule has 0 bridgehead atoms. The fraction of sp³-hybridized carbons (Fsp3) is 0.333. The van der Waals surface area contributed by atoms with Gasteiger partial charge in [-0.2, -0.15) is 0 Å². The molecule has 0 aliphatic rings. The second-order valence-corrected chi connectivity index (χ2v) is 3.30. The Morgan fingerprint density at radius 3 is 3.08 bits per heavy atom. The first kappa shape index (κ1) is 10.2. The average Bonchev–Trinajstić information content (AvgIpc) is 2.09. The van der Waals surface area contributed by atoms with Crippen LogP contribution in [0.5, 0.6) is 0 Å². The minimum Gasteiger partial charge on any atom is -0.466 e. The summed E-state index contributed by atoms with van der Waals surface area (Å²) >= 11 is 3.33. The number of hydrogen-bond donors (Lipinski definition) is 0. The highest BCUT2D eigenvalue weighted by Gasteiger charge is 2.06. The summed E-state index contributed by atoms with van der Waals surface area (Å²) in [6.07, 6.45) is 3.59. The van der Waals surface area contributed by atoms with E-state index >= 15 is 0 Å². The van der Waals surface area contributed by atoms with Crippen molar-refractivity contribution in [3.63, 3.8) is 0 Å². The molecule has 70 valence electrons. The van der Waals surface area contributed by atoms with Gasteiger partial charge in [0.05, 0.1) is 13.0 Å². The lowest BCUT2D eigenvalue weighted by atomic mass is 10.2. The van der Waals surface area contributed by atoms with Gasteiger partial charge in [0.25, 0.3) is 0 Å². The number of rotatable bonds is 3. The topological polar surface area (TPSA) is 39.2 Å². The predicted octanol–water partition coefficient (Wildman–Crippen LogP) is 1.95. The number of pyridine rings is 1. The monoisotopic (exact) mass is 243 g/mol. The Hall–Kier alpha value is -0.900. The standard InChI is InChI=1S/C9H10BrNO2/c1-2-13-9(12)5-7-6-11-4-3-8(7)10/h3-4,6H,2,5H2,1H3. The van der Waals surface area contributed by atoms with Gasteiger partial charge >= 0.3 is 5.97 Å². The SMILES string of the molecule is CCOC(=O)Cc1cnccc1Br. The molecule has 0 aliphatic carbocycles. The Labute approximate surface area is 85.3 Å². The Balaban J connectivity index is 2.63. The average molecular weight is 244 g/mol. The fourth-order valence-corrected chi connectivity index (χ4v) is 1.27. The lowest BCUT2D eigenvalue weighted by Crippen LogP contribution is -2.07. The third-order valence-electron chi connectivity index (χ3n) is 1.48. The molecule has 1 heterocycles. The van der Waals surface area contributed by atoms with Crippen LogP contribution in [-0.4, -0.2) is 17.6 Å². The quantitative estimate of drug-likeness (QED) is 0.763. The fourth-order valence-electron chi connectivity index (χ4n) is 0.908. The molecule has 0 amide bonds. The van der Waals surface area contributed by atoms with Crippen LogP contribution in [-0.2, 0) is 16.0 Å². The first-order valence-electron chi connectivity index (χ1n) is 3.98. The van der Waals surface area contributed by atoms with E-state index < -0.39 is 0 Å². The minimum absolute atomic E-state index is 0.226. The number of aromatic nitrogens is 1. The van der Waals surface area contributed by atoms with Crippen LogP contribution >= 0.6 is 15.9 Å². The third kappa shape index (κ3) is 3.14. The summed E-state index contributed by atoms with van der Waals surface area (Å²) in [6.45, 7) is 2.20. The highest BCUT2D eigenvalue weighted by Crippen LogP contribution is 2.15. The van der Waals surface area contributed by atoms with E-state index in [1.165, 1.54) is 0 Å². The van der Waals surface area contributed by atoms with Gasteiger partial charge in [0.1, 0.15) is 0 Å². The summed E-state index contributed by atoms with van der Waals surface area (Å²) in [6, 6.07) is 1.80. The molecule has 0 atom stereocenters. The summed E-state index contributed by atoms with van der Waals surface area (Å²) < 4.78 is 5.70. The molecule has 1 aromatic heterocycles. The number of esters is 1. The minimum atomic E-state index is -0.226. The maximum absolute atomic E-state index is 11.1. The van der Waals surface area contributed by atoms with Crippen LogP contribution in [0.2, 0.25) is 0 Å². The first-order valence-corrected chi connectivity index (χ1v) is 4.77. The zero-order valence-electron chi connectivity index (χ0n) is 7.29. The van der Waals surface area contributed by atoms with Crippen molar-refractivity contribution in [2.75, 3.05) is 6.61 Å². The second-order valence-electron chi connectivity index (χ2n) is 2.45. The van der Waals surface area contributed by atoms with Crippen LogP contribution < -0.4 is 0 Å². The smallest absolute Gasteiger partial charge is 0.310 e. The molecule has 4 heteroatoms. The lowest BCUT2D eigenvalue weighted by molar-refractivity contribution is -0.142. The highest BCUT2D eigenvalue weighted by molar-refractivity contribution is 9.10. The molecule has 3 nitrogen and oxygen atoms in total. The summed E-state index contributed by atoms with van der Waals surface area (Å²) in [5, 5.41) is 0. The molecule has 0 unspecified atom stereocenters. The van der Waals surface area contributed by atoms with E-state index in [0.717, 1.165) is 10.0 Å². The molecule has 0 saturated carbocycles. The Bertz CT molecular complexity index is 301. The van der Waals surface area contributed by atoms with Crippen molar-refractivity contribution in [1.29, 1.82) is 0 Å². The highest BCUT2D eigenvalue weighted by atomic mass is 79.9. The van der Waals surface area contributed by atoms with Gasteiger partial charge in [0, 0.05) is 16.9 Å². The molecule has 0 aliphatic heterocycles. The van der Waals surface area contributed by atoms with Crippen molar-refractivity contribution in [2.45, 2.75) is 13.3 Å². The van der Waals surface area contributed by atoms with E-state index in [1.54, 1.807) is 25.4 Å².